The number of carbonyl (C=O) groups is 2. The molecule has 178 valence electrons. The Morgan fingerprint density at radius 3 is 2.53 bits per heavy atom. The third-order valence-electron chi connectivity index (χ3n) is 6.45. The average molecular weight is 481 g/mol. The average Bonchev–Trinajstić information content (AvgIpc) is 3.44. The molecule has 3 heterocycles. The molecule has 1 amide bonds. The number of hydrogen-bond acceptors (Lipinski definition) is 7. The number of carbonyl (C=O) groups excluding carboxylic acids is 1. The number of carboxylic acids is 1. The number of nitrogens with zero attached hydrogens (tertiary/aromatic N) is 4. The fraction of sp³-hybridized carbons (Fsp3) is 0.400. The molecule has 1 aromatic carbocycles. The molecule has 0 bridgehead atoms. The molecular weight excluding hydrogens is 452 g/mol. The van der Waals surface area contributed by atoms with Gasteiger partial charge in [-0.05, 0) is 36.5 Å². The summed E-state index contributed by atoms with van der Waals surface area (Å²) in [6.45, 7) is 7.80. The summed E-state index contributed by atoms with van der Waals surface area (Å²) in [5.41, 5.74) is 2.02. The second kappa shape index (κ2) is 8.79. The number of thiazole rings is 1. The van der Waals surface area contributed by atoms with Gasteiger partial charge in [0.1, 0.15) is 11.3 Å². The predicted octanol–water partition coefficient (Wildman–Crippen LogP) is 4.45. The van der Waals surface area contributed by atoms with Gasteiger partial charge in [0, 0.05) is 41.1 Å². The van der Waals surface area contributed by atoms with Crippen LogP contribution in [0.2, 0.25) is 0 Å². The smallest absolute Gasteiger partial charge is 0.329 e. The van der Waals surface area contributed by atoms with Gasteiger partial charge in [0.05, 0.1) is 24.4 Å². The topological polar surface area (TPSA) is 106 Å². The fourth-order valence-corrected chi connectivity index (χ4v) is 5.49. The molecule has 1 aliphatic heterocycles. The summed E-state index contributed by atoms with van der Waals surface area (Å²) in [6, 6.07) is 4.77. The Morgan fingerprint density at radius 1 is 1.21 bits per heavy atom. The summed E-state index contributed by atoms with van der Waals surface area (Å²) in [5.74, 6) is -1.21. The summed E-state index contributed by atoms with van der Waals surface area (Å²) in [7, 11) is 1.57. The van der Waals surface area contributed by atoms with E-state index in [0.717, 1.165) is 10.4 Å². The van der Waals surface area contributed by atoms with E-state index in [9.17, 15) is 14.7 Å². The standard InChI is InChI=1S/C25H28N4O4S/c1-24(2,3)17-7-6-15(10-19(17)33-5)22(30)29-21(20-13-27-14-34-20)16(11-25(29,4)23(31)32)18-12-26-8-9-28-18/h6-10,12-14,16,21H,11H2,1-5H3,(H,31,32)/t16-,21-,25+/m1/s1. The number of likely N-dealkylation sites (tertiary alicyclic amines) is 1. The molecule has 3 atom stereocenters. The van der Waals surface area contributed by atoms with Gasteiger partial charge in [0.15, 0.2) is 0 Å². The van der Waals surface area contributed by atoms with Crippen LogP contribution in [-0.4, -0.2) is 49.5 Å². The first kappa shape index (κ1) is 23.8. The molecule has 0 saturated carbocycles. The summed E-state index contributed by atoms with van der Waals surface area (Å²) < 4.78 is 5.60. The molecule has 4 rings (SSSR count). The molecular formula is C25H28N4O4S. The van der Waals surface area contributed by atoms with Gasteiger partial charge in [-0.1, -0.05) is 26.8 Å². The molecule has 0 radical (unpaired) electrons. The van der Waals surface area contributed by atoms with Crippen LogP contribution in [0.15, 0.2) is 48.5 Å². The molecule has 1 saturated heterocycles. The quantitative estimate of drug-likeness (QED) is 0.575. The van der Waals surface area contributed by atoms with E-state index in [1.54, 1.807) is 56.5 Å². The molecule has 1 fully saturated rings. The second-order valence-corrected chi connectivity index (χ2v) is 10.6. The SMILES string of the molecule is COc1cc(C(=O)N2[C@@H](c3cncs3)[C@@H](c3cnccn3)C[C@@]2(C)C(=O)O)ccc1C(C)(C)C. The van der Waals surface area contributed by atoms with Crippen molar-refractivity contribution in [2.75, 3.05) is 7.11 Å². The van der Waals surface area contributed by atoms with Crippen molar-refractivity contribution in [3.05, 3.63) is 70.2 Å². The molecule has 1 N–H and O–H groups in total. The van der Waals surface area contributed by atoms with Crippen molar-refractivity contribution in [3.63, 3.8) is 0 Å². The number of carboxylic acid groups (broad SMARTS) is 1. The van der Waals surface area contributed by atoms with Crippen molar-refractivity contribution in [1.82, 2.24) is 19.9 Å². The highest BCUT2D eigenvalue weighted by molar-refractivity contribution is 7.09. The molecule has 0 aliphatic carbocycles. The lowest BCUT2D eigenvalue weighted by atomic mass is 9.85. The Morgan fingerprint density at radius 2 is 1.97 bits per heavy atom. The highest BCUT2D eigenvalue weighted by atomic mass is 32.1. The first-order chi connectivity index (χ1) is 16.1. The minimum atomic E-state index is -1.45. The first-order valence-electron chi connectivity index (χ1n) is 11.0. The molecule has 9 heteroatoms. The minimum absolute atomic E-state index is 0.182. The number of benzene rings is 1. The van der Waals surface area contributed by atoms with E-state index in [0.29, 0.717) is 17.0 Å². The zero-order valence-electron chi connectivity index (χ0n) is 19.8. The van der Waals surface area contributed by atoms with Gasteiger partial charge >= 0.3 is 5.97 Å². The summed E-state index contributed by atoms with van der Waals surface area (Å²) in [4.78, 5) is 41.7. The molecule has 34 heavy (non-hydrogen) atoms. The van der Waals surface area contributed by atoms with Crippen molar-refractivity contribution in [2.24, 2.45) is 0 Å². The maximum absolute atomic E-state index is 14.0. The zero-order valence-corrected chi connectivity index (χ0v) is 20.7. The van der Waals surface area contributed by atoms with Crippen LogP contribution in [0.3, 0.4) is 0 Å². The Kier molecular flexibility index (Phi) is 6.16. The van der Waals surface area contributed by atoms with Crippen LogP contribution < -0.4 is 4.74 Å². The maximum Gasteiger partial charge on any atom is 0.329 e. The van der Waals surface area contributed by atoms with Gasteiger partial charge < -0.3 is 14.7 Å². The molecule has 3 aromatic rings. The third-order valence-corrected chi connectivity index (χ3v) is 7.30. The van der Waals surface area contributed by atoms with Crippen LogP contribution in [-0.2, 0) is 10.2 Å². The van der Waals surface area contributed by atoms with E-state index in [1.807, 2.05) is 6.07 Å². The predicted molar refractivity (Wildman–Crippen MR) is 128 cm³/mol. The number of aromatic nitrogens is 3. The Hall–Kier alpha value is -3.33. The molecule has 0 spiro atoms. The Bertz CT molecular complexity index is 1190. The monoisotopic (exact) mass is 480 g/mol. The minimum Gasteiger partial charge on any atom is -0.496 e. The maximum atomic E-state index is 14.0. The van der Waals surface area contributed by atoms with Gasteiger partial charge in [-0.25, -0.2) is 4.79 Å². The van der Waals surface area contributed by atoms with E-state index >= 15 is 0 Å². The van der Waals surface area contributed by atoms with Crippen LogP contribution in [0.25, 0.3) is 0 Å². The molecule has 2 aromatic heterocycles. The van der Waals surface area contributed by atoms with Crippen molar-refractivity contribution >= 4 is 23.2 Å². The van der Waals surface area contributed by atoms with Gasteiger partial charge in [-0.3, -0.25) is 19.7 Å². The number of hydrogen-bond donors (Lipinski definition) is 1. The lowest BCUT2D eigenvalue weighted by molar-refractivity contribution is -0.147. The van der Waals surface area contributed by atoms with Crippen LogP contribution in [0.4, 0.5) is 0 Å². The lowest BCUT2D eigenvalue weighted by Gasteiger charge is -2.35. The van der Waals surface area contributed by atoms with Gasteiger partial charge in [0.25, 0.3) is 5.91 Å². The Labute approximate surface area is 202 Å². The third kappa shape index (κ3) is 4.04. The lowest BCUT2D eigenvalue weighted by Crippen LogP contribution is -2.51. The van der Waals surface area contributed by atoms with Crippen molar-refractivity contribution in [2.45, 2.75) is 57.0 Å². The van der Waals surface area contributed by atoms with Crippen LogP contribution in [0.5, 0.6) is 5.75 Å². The number of methoxy groups -OCH3 is 1. The van der Waals surface area contributed by atoms with Crippen molar-refractivity contribution in [3.8, 4) is 5.75 Å². The summed E-state index contributed by atoms with van der Waals surface area (Å²) in [6.07, 6.45) is 6.68. The Balaban J connectivity index is 1.86. The van der Waals surface area contributed by atoms with Crippen LogP contribution in [0.1, 0.15) is 72.6 Å². The largest absolute Gasteiger partial charge is 0.496 e. The van der Waals surface area contributed by atoms with E-state index < -0.39 is 17.6 Å². The van der Waals surface area contributed by atoms with Crippen LogP contribution >= 0.6 is 11.3 Å². The van der Waals surface area contributed by atoms with Gasteiger partial charge in [-0.2, -0.15) is 0 Å². The van der Waals surface area contributed by atoms with E-state index in [1.165, 1.54) is 16.2 Å². The number of amides is 1. The fourth-order valence-electron chi connectivity index (χ4n) is 4.71. The number of ether oxygens (including phenoxy) is 1. The van der Waals surface area contributed by atoms with E-state index in [-0.39, 0.29) is 23.7 Å². The van der Waals surface area contributed by atoms with E-state index in [2.05, 4.69) is 35.7 Å². The molecule has 1 aliphatic rings. The van der Waals surface area contributed by atoms with Crippen molar-refractivity contribution in [1.29, 1.82) is 0 Å². The highest BCUT2D eigenvalue weighted by Gasteiger charge is 2.57. The normalized spacial score (nSPS) is 22.6. The molecule has 0 unspecified atom stereocenters. The number of aliphatic carboxylic acids is 1. The summed E-state index contributed by atoms with van der Waals surface area (Å²) in [5, 5.41) is 10.3. The van der Waals surface area contributed by atoms with Gasteiger partial charge in [-0.15, -0.1) is 11.3 Å². The highest BCUT2D eigenvalue weighted by Crippen LogP contribution is 2.52. The summed E-state index contributed by atoms with van der Waals surface area (Å²) >= 11 is 1.39. The molecule has 8 nitrogen and oxygen atoms in total. The first-order valence-corrected chi connectivity index (χ1v) is 11.9. The zero-order chi connectivity index (χ0) is 24.7. The van der Waals surface area contributed by atoms with E-state index in [4.69, 9.17) is 4.74 Å². The van der Waals surface area contributed by atoms with Crippen LogP contribution in [0, 0.1) is 0 Å². The second-order valence-electron chi connectivity index (χ2n) is 9.71. The van der Waals surface area contributed by atoms with Crippen molar-refractivity contribution < 1.29 is 19.4 Å². The number of rotatable bonds is 5. The van der Waals surface area contributed by atoms with Gasteiger partial charge in [0.2, 0.25) is 0 Å².